The van der Waals surface area contributed by atoms with Crippen LogP contribution in [0.15, 0.2) is 46.3 Å². The Bertz CT molecular complexity index is 762. The van der Waals surface area contributed by atoms with Crippen LogP contribution in [0.1, 0.15) is 16.5 Å². The number of fused-ring (bicyclic) bond motifs is 1. The second-order valence-corrected chi connectivity index (χ2v) is 7.42. The van der Waals surface area contributed by atoms with Crippen molar-refractivity contribution in [1.82, 2.24) is 0 Å². The minimum absolute atomic E-state index is 0.269. The number of rotatable bonds is 2. The molecule has 0 aliphatic carbocycles. The zero-order valence-corrected chi connectivity index (χ0v) is 14.7. The van der Waals surface area contributed by atoms with Crippen LogP contribution in [0.25, 0.3) is 10.1 Å². The molecular weight excluding hydrogens is 398 g/mol. The first-order valence-corrected chi connectivity index (χ1v) is 8.68. The van der Waals surface area contributed by atoms with E-state index in [0.29, 0.717) is 10.0 Å². The van der Waals surface area contributed by atoms with Crippen LogP contribution in [0, 0.1) is 0 Å². The van der Waals surface area contributed by atoms with Crippen molar-refractivity contribution < 1.29 is 0 Å². The van der Waals surface area contributed by atoms with Gasteiger partial charge in [-0.3, -0.25) is 0 Å². The van der Waals surface area contributed by atoms with Gasteiger partial charge in [-0.1, -0.05) is 35.3 Å². The van der Waals surface area contributed by atoms with Gasteiger partial charge in [0.2, 0.25) is 0 Å². The van der Waals surface area contributed by atoms with Gasteiger partial charge in [0.15, 0.2) is 0 Å². The molecule has 20 heavy (non-hydrogen) atoms. The first kappa shape index (κ1) is 14.7. The Morgan fingerprint density at radius 2 is 1.75 bits per heavy atom. The molecule has 0 aliphatic heterocycles. The predicted octanol–water partition coefficient (Wildman–Crippen LogP) is 7.30. The number of thiophene rings is 1. The highest BCUT2D eigenvalue weighted by Crippen LogP contribution is 2.41. The summed E-state index contributed by atoms with van der Waals surface area (Å²) in [5.41, 5.74) is 1.98. The lowest BCUT2D eigenvalue weighted by Crippen LogP contribution is -1.92. The average molecular weight is 407 g/mol. The highest BCUT2D eigenvalue weighted by molar-refractivity contribution is 9.10. The molecule has 0 fully saturated rings. The minimum Gasteiger partial charge on any atom is -0.142 e. The van der Waals surface area contributed by atoms with E-state index in [4.69, 9.17) is 34.8 Å². The van der Waals surface area contributed by atoms with Gasteiger partial charge in [-0.15, -0.1) is 22.9 Å². The first-order valence-electron chi connectivity index (χ1n) is 5.82. The molecule has 1 unspecified atom stereocenters. The van der Waals surface area contributed by atoms with E-state index in [1.54, 1.807) is 17.4 Å². The maximum Gasteiger partial charge on any atom is 0.0850 e. The van der Waals surface area contributed by atoms with Gasteiger partial charge in [-0.05, 0) is 62.1 Å². The smallest absolute Gasteiger partial charge is 0.0850 e. The van der Waals surface area contributed by atoms with Crippen molar-refractivity contribution in [2.24, 2.45) is 0 Å². The molecule has 0 N–H and O–H groups in total. The number of halogens is 4. The molecule has 2 aromatic carbocycles. The van der Waals surface area contributed by atoms with Gasteiger partial charge in [0.25, 0.3) is 0 Å². The molecule has 0 amide bonds. The molecule has 3 rings (SSSR count). The largest absolute Gasteiger partial charge is 0.142 e. The monoisotopic (exact) mass is 404 g/mol. The molecule has 0 radical (unpaired) electrons. The van der Waals surface area contributed by atoms with Crippen molar-refractivity contribution in [3.8, 4) is 0 Å². The van der Waals surface area contributed by atoms with E-state index in [1.165, 1.54) is 4.70 Å². The Labute approximate surface area is 144 Å². The topological polar surface area (TPSA) is 0 Å². The van der Waals surface area contributed by atoms with Crippen molar-refractivity contribution in [1.29, 1.82) is 0 Å². The van der Waals surface area contributed by atoms with E-state index in [-0.39, 0.29) is 5.38 Å². The number of benzene rings is 2. The van der Waals surface area contributed by atoms with Gasteiger partial charge < -0.3 is 0 Å². The summed E-state index contributed by atoms with van der Waals surface area (Å²) in [6.45, 7) is 0. The predicted molar refractivity (Wildman–Crippen MR) is 93.7 cm³/mol. The van der Waals surface area contributed by atoms with E-state index in [9.17, 15) is 0 Å². The lowest BCUT2D eigenvalue weighted by Gasteiger charge is -2.10. The van der Waals surface area contributed by atoms with Crippen molar-refractivity contribution in [3.05, 3.63) is 67.4 Å². The zero-order valence-electron chi connectivity index (χ0n) is 10.0. The third kappa shape index (κ3) is 2.72. The molecule has 1 heterocycles. The van der Waals surface area contributed by atoms with Crippen LogP contribution < -0.4 is 0 Å². The van der Waals surface area contributed by atoms with E-state index in [1.807, 2.05) is 24.3 Å². The highest BCUT2D eigenvalue weighted by atomic mass is 79.9. The molecule has 0 saturated carbocycles. The summed E-state index contributed by atoms with van der Waals surface area (Å²) in [6.07, 6.45) is 0. The fourth-order valence-corrected chi connectivity index (χ4v) is 4.71. The van der Waals surface area contributed by atoms with Crippen LogP contribution in [-0.4, -0.2) is 0 Å². The lowest BCUT2D eigenvalue weighted by molar-refractivity contribution is 1.17. The van der Waals surface area contributed by atoms with Crippen LogP contribution in [-0.2, 0) is 0 Å². The summed E-state index contributed by atoms with van der Waals surface area (Å²) in [5.74, 6) is 0. The normalized spacial score (nSPS) is 12.8. The molecule has 0 saturated heterocycles. The first-order chi connectivity index (χ1) is 9.56. The fraction of sp³-hybridized carbons (Fsp3) is 0.0667. The highest BCUT2D eigenvalue weighted by Gasteiger charge is 2.17. The molecule has 102 valence electrons. The Hall–Kier alpha value is -0.250. The van der Waals surface area contributed by atoms with Gasteiger partial charge in [-0.2, -0.15) is 0 Å². The van der Waals surface area contributed by atoms with E-state index >= 15 is 0 Å². The van der Waals surface area contributed by atoms with Crippen LogP contribution in [0.2, 0.25) is 10.0 Å². The van der Waals surface area contributed by atoms with Crippen LogP contribution >= 0.6 is 62.1 Å². The summed E-state index contributed by atoms with van der Waals surface area (Å²) in [7, 11) is 0. The molecule has 0 aliphatic rings. The standard InChI is InChI=1S/C15H8BrCl3S/c16-13-3-1-2-11-12(7-20-15(11)13)14(19)8-4-9(17)6-10(18)5-8/h1-7,14H. The van der Waals surface area contributed by atoms with Gasteiger partial charge in [0.05, 0.1) is 5.38 Å². The van der Waals surface area contributed by atoms with Crippen molar-refractivity contribution >= 4 is 72.2 Å². The summed E-state index contributed by atoms with van der Waals surface area (Å²) < 4.78 is 2.28. The van der Waals surface area contributed by atoms with E-state index in [0.717, 1.165) is 21.0 Å². The summed E-state index contributed by atoms with van der Waals surface area (Å²) in [6, 6.07) is 11.5. The summed E-state index contributed by atoms with van der Waals surface area (Å²) >= 11 is 24.0. The lowest BCUT2D eigenvalue weighted by atomic mass is 10.0. The SMILES string of the molecule is Clc1cc(Cl)cc(C(Cl)c2csc3c(Br)cccc23)c1. The third-order valence-corrected chi connectivity index (χ3v) is 5.93. The summed E-state index contributed by atoms with van der Waals surface area (Å²) in [5, 5.41) is 4.16. The molecule has 0 bridgehead atoms. The molecular formula is C15H8BrCl3S. The van der Waals surface area contributed by atoms with Gasteiger partial charge in [0, 0.05) is 19.2 Å². The Morgan fingerprint density at radius 3 is 2.45 bits per heavy atom. The third-order valence-electron chi connectivity index (χ3n) is 3.03. The van der Waals surface area contributed by atoms with Crippen molar-refractivity contribution in [2.45, 2.75) is 5.38 Å². The zero-order chi connectivity index (χ0) is 14.3. The maximum atomic E-state index is 6.62. The van der Waals surface area contributed by atoms with Crippen molar-refractivity contribution in [3.63, 3.8) is 0 Å². The van der Waals surface area contributed by atoms with Crippen LogP contribution in [0.5, 0.6) is 0 Å². The van der Waals surface area contributed by atoms with E-state index in [2.05, 4.69) is 27.4 Å². The van der Waals surface area contributed by atoms with Crippen LogP contribution in [0.4, 0.5) is 0 Å². The van der Waals surface area contributed by atoms with Gasteiger partial charge in [0.1, 0.15) is 0 Å². The molecule has 0 spiro atoms. The molecule has 1 atom stereocenters. The molecule has 0 nitrogen and oxygen atoms in total. The minimum atomic E-state index is -0.269. The number of alkyl halides is 1. The fourth-order valence-electron chi connectivity index (χ4n) is 2.14. The molecule has 1 aromatic heterocycles. The number of hydrogen-bond donors (Lipinski definition) is 0. The molecule has 3 aromatic rings. The molecule has 5 heteroatoms. The van der Waals surface area contributed by atoms with E-state index < -0.39 is 0 Å². The number of hydrogen-bond acceptors (Lipinski definition) is 1. The second kappa shape index (κ2) is 5.86. The van der Waals surface area contributed by atoms with Crippen LogP contribution in [0.3, 0.4) is 0 Å². The van der Waals surface area contributed by atoms with Gasteiger partial charge >= 0.3 is 0 Å². The maximum absolute atomic E-state index is 6.62. The van der Waals surface area contributed by atoms with Crippen molar-refractivity contribution in [2.75, 3.05) is 0 Å². The summed E-state index contributed by atoms with van der Waals surface area (Å²) in [4.78, 5) is 0. The quantitative estimate of drug-likeness (QED) is 0.392. The second-order valence-electron chi connectivity index (χ2n) is 4.37. The Kier molecular flexibility index (Phi) is 4.30. The average Bonchev–Trinajstić information content (AvgIpc) is 2.82. The Balaban J connectivity index is 2.13. The van der Waals surface area contributed by atoms with Gasteiger partial charge in [-0.25, -0.2) is 0 Å². The Morgan fingerprint density at radius 1 is 1.05 bits per heavy atom.